The third kappa shape index (κ3) is 6.37. The molecule has 45 heavy (non-hydrogen) atoms. The number of aryl methyl sites for hydroxylation is 1. The molecule has 0 bridgehead atoms. The van der Waals surface area contributed by atoms with E-state index in [-0.39, 0.29) is 23.9 Å². The van der Waals surface area contributed by atoms with E-state index in [4.69, 9.17) is 30.5 Å². The number of amides is 1. The Balaban J connectivity index is 1.34. The van der Waals surface area contributed by atoms with Gasteiger partial charge in [-0.25, -0.2) is 4.98 Å². The first-order valence-corrected chi connectivity index (χ1v) is 15.5. The van der Waals surface area contributed by atoms with Gasteiger partial charge >= 0.3 is 0 Å². The molecule has 0 aliphatic heterocycles. The molecule has 6 rings (SSSR count). The smallest absolute Gasteiger partial charge is 0.282 e. The van der Waals surface area contributed by atoms with Crippen molar-refractivity contribution in [2.45, 2.75) is 6.92 Å². The van der Waals surface area contributed by atoms with Gasteiger partial charge in [-0.3, -0.25) is 9.59 Å². The van der Waals surface area contributed by atoms with Crippen LogP contribution in [0.3, 0.4) is 0 Å². The molecule has 0 unspecified atom stereocenters. The highest BCUT2D eigenvalue weighted by atomic mass is 79.9. The van der Waals surface area contributed by atoms with E-state index in [9.17, 15) is 9.59 Å². The first-order chi connectivity index (χ1) is 21.7. The largest absolute Gasteiger partial charge is 0.493 e. The maximum Gasteiger partial charge on any atom is 0.282 e. The maximum absolute atomic E-state index is 13.7. The second-order valence-corrected chi connectivity index (χ2v) is 12.0. The standard InChI is InChI=1S/C33H23Br2ClN4O5/c1-18-7-10-22(11-8-18)38-28(41)17-44-31-26(43-2)15-20(29(34)30(31)35)16-37-40-32(39-24-6-4-3-5-23(24)33(40)42)27-14-19-13-21(36)9-12-25(19)45-27/h3-16H,17H2,1-2H3,(H,38,41). The van der Waals surface area contributed by atoms with Crippen LogP contribution in [0, 0.1) is 6.92 Å². The van der Waals surface area contributed by atoms with Crippen molar-refractivity contribution in [2.24, 2.45) is 5.10 Å². The lowest BCUT2D eigenvalue weighted by atomic mass is 10.2. The Morgan fingerprint density at radius 3 is 2.62 bits per heavy atom. The van der Waals surface area contributed by atoms with Crippen LogP contribution in [0.25, 0.3) is 33.5 Å². The monoisotopic (exact) mass is 748 g/mol. The molecule has 9 nitrogen and oxygen atoms in total. The zero-order chi connectivity index (χ0) is 31.7. The summed E-state index contributed by atoms with van der Waals surface area (Å²) in [7, 11) is 1.49. The van der Waals surface area contributed by atoms with Crippen LogP contribution in [0.1, 0.15) is 11.1 Å². The van der Waals surface area contributed by atoms with Crippen LogP contribution in [0.4, 0.5) is 5.69 Å². The number of carbonyl (C=O) groups is 1. The van der Waals surface area contributed by atoms with Gasteiger partial charge in [-0.15, -0.1) is 0 Å². The van der Waals surface area contributed by atoms with Gasteiger partial charge in [0.2, 0.25) is 5.82 Å². The van der Waals surface area contributed by atoms with E-state index in [0.29, 0.717) is 59.0 Å². The average Bonchev–Trinajstić information content (AvgIpc) is 3.46. The summed E-state index contributed by atoms with van der Waals surface area (Å²) in [6, 6.07) is 23.2. The van der Waals surface area contributed by atoms with Crippen molar-refractivity contribution in [2.75, 3.05) is 19.0 Å². The molecular formula is C33H23Br2ClN4O5. The van der Waals surface area contributed by atoms with E-state index < -0.39 is 0 Å². The molecule has 0 fully saturated rings. The van der Waals surface area contributed by atoms with E-state index >= 15 is 0 Å². The lowest BCUT2D eigenvalue weighted by molar-refractivity contribution is -0.118. The van der Waals surface area contributed by atoms with Crippen molar-refractivity contribution in [3.63, 3.8) is 0 Å². The summed E-state index contributed by atoms with van der Waals surface area (Å²) in [5.41, 5.74) is 3.01. The minimum atomic E-state index is -0.382. The number of anilines is 1. The van der Waals surface area contributed by atoms with Crippen LogP contribution in [0.5, 0.6) is 11.5 Å². The van der Waals surface area contributed by atoms with E-state index in [1.165, 1.54) is 18.0 Å². The number of benzene rings is 4. The fraction of sp³-hybridized carbons (Fsp3) is 0.0909. The van der Waals surface area contributed by atoms with Gasteiger partial charge in [0, 0.05) is 26.1 Å². The number of hydrogen-bond donors (Lipinski definition) is 1. The SMILES string of the molecule is COc1cc(C=Nn2c(-c3cc4cc(Cl)ccc4o3)nc3ccccc3c2=O)c(Br)c(Br)c1OCC(=O)Nc1ccc(C)cc1. The molecule has 226 valence electrons. The summed E-state index contributed by atoms with van der Waals surface area (Å²) >= 11 is 13.3. The van der Waals surface area contributed by atoms with Crippen LogP contribution in [-0.4, -0.2) is 35.5 Å². The quantitative estimate of drug-likeness (QED) is 0.157. The van der Waals surface area contributed by atoms with Crippen molar-refractivity contribution < 1.29 is 18.7 Å². The molecule has 0 saturated carbocycles. The highest BCUT2D eigenvalue weighted by molar-refractivity contribution is 9.13. The predicted molar refractivity (Wildman–Crippen MR) is 183 cm³/mol. The number of nitrogens with zero attached hydrogens (tertiary/aromatic N) is 3. The molecule has 1 amide bonds. The summed E-state index contributed by atoms with van der Waals surface area (Å²) in [6.45, 7) is 1.71. The number of para-hydroxylation sites is 1. The molecule has 2 heterocycles. The Bertz CT molecular complexity index is 2180. The lowest BCUT2D eigenvalue weighted by Crippen LogP contribution is -2.20. The number of methoxy groups -OCH3 is 1. The number of rotatable bonds is 8. The Hall–Kier alpha value is -4.45. The Kier molecular flexibility index (Phi) is 8.75. The molecule has 0 aliphatic carbocycles. The Morgan fingerprint density at radius 1 is 1.07 bits per heavy atom. The van der Waals surface area contributed by atoms with Crippen LogP contribution in [0.2, 0.25) is 5.02 Å². The molecular weight excluding hydrogens is 728 g/mol. The van der Waals surface area contributed by atoms with Gasteiger partial charge in [0.1, 0.15) is 5.58 Å². The predicted octanol–water partition coefficient (Wildman–Crippen LogP) is 8.20. The number of halogens is 3. The Labute approximate surface area is 278 Å². The van der Waals surface area contributed by atoms with Gasteiger partial charge in [0.25, 0.3) is 11.5 Å². The molecule has 12 heteroatoms. The normalized spacial score (nSPS) is 11.4. The molecule has 6 aromatic rings. The summed E-state index contributed by atoms with van der Waals surface area (Å²) in [5, 5.41) is 9.05. The van der Waals surface area contributed by atoms with Gasteiger partial charge < -0.3 is 19.2 Å². The summed E-state index contributed by atoms with van der Waals surface area (Å²) in [5.74, 6) is 0.875. The van der Waals surface area contributed by atoms with Crippen LogP contribution >= 0.6 is 43.5 Å². The van der Waals surface area contributed by atoms with Gasteiger partial charge in [0.05, 0.1) is 28.7 Å². The van der Waals surface area contributed by atoms with E-state index in [1.54, 1.807) is 54.6 Å². The maximum atomic E-state index is 13.7. The highest BCUT2D eigenvalue weighted by Crippen LogP contribution is 2.42. The minimum Gasteiger partial charge on any atom is -0.493 e. The number of furan rings is 1. The highest BCUT2D eigenvalue weighted by Gasteiger charge is 2.20. The van der Waals surface area contributed by atoms with Gasteiger partial charge in [-0.05, 0) is 93.4 Å². The first-order valence-electron chi connectivity index (χ1n) is 13.5. The zero-order valence-corrected chi connectivity index (χ0v) is 27.7. The fourth-order valence-electron chi connectivity index (χ4n) is 4.59. The number of carbonyl (C=O) groups excluding carboxylic acids is 1. The van der Waals surface area contributed by atoms with E-state index in [1.807, 2.05) is 31.2 Å². The first kappa shape index (κ1) is 30.6. The molecule has 4 aromatic carbocycles. The average molecular weight is 751 g/mol. The van der Waals surface area contributed by atoms with E-state index in [2.05, 4.69) is 42.3 Å². The molecule has 0 spiro atoms. The van der Waals surface area contributed by atoms with Crippen molar-refractivity contribution in [1.82, 2.24) is 9.66 Å². The van der Waals surface area contributed by atoms with Gasteiger partial charge in [-0.2, -0.15) is 9.78 Å². The number of nitrogens with one attached hydrogen (secondary N) is 1. The third-order valence-corrected chi connectivity index (χ3v) is 9.20. The molecule has 1 N–H and O–H groups in total. The summed E-state index contributed by atoms with van der Waals surface area (Å²) < 4.78 is 19.7. The van der Waals surface area contributed by atoms with Crippen LogP contribution in [0.15, 0.2) is 102 Å². The Morgan fingerprint density at radius 2 is 1.84 bits per heavy atom. The zero-order valence-electron chi connectivity index (χ0n) is 23.8. The number of ether oxygens (including phenoxy) is 2. The topological polar surface area (TPSA) is 108 Å². The number of hydrogen-bond acceptors (Lipinski definition) is 7. The van der Waals surface area contributed by atoms with Crippen molar-refractivity contribution in [3.05, 3.63) is 114 Å². The molecule has 2 aromatic heterocycles. The molecule has 0 saturated heterocycles. The number of fused-ring (bicyclic) bond motifs is 2. The summed E-state index contributed by atoms with van der Waals surface area (Å²) in [6.07, 6.45) is 1.49. The van der Waals surface area contributed by atoms with Crippen LogP contribution < -0.4 is 20.3 Å². The number of aromatic nitrogens is 2. The molecule has 0 aliphatic rings. The fourth-order valence-corrected chi connectivity index (χ4v) is 5.71. The second-order valence-electron chi connectivity index (χ2n) is 9.93. The van der Waals surface area contributed by atoms with Gasteiger partial charge in [-0.1, -0.05) is 41.4 Å². The second kappa shape index (κ2) is 12.9. The van der Waals surface area contributed by atoms with Crippen molar-refractivity contribution in [3.8, 4) is 23.1 Å². The van der Waals surface area contributed by atoms with Gasteiger partial charge in [0.15, 0.2) is 23.9 Å². The minimum absolute atomic E-state index is 0.212. The van der Waals surface area contributed by atoms with E-state index in [0.717, 1.165) is 10.9 Å². The third-order valence-electron chi connectivity index (χ3n) is 6.82. The molecule has 0 atom stereocenters. The lowest BCUT2D eigenvalue weighted by Gasteiger charge is -2.15. The molecule has 0 radical (unpaired) electrons. The van der Waals surface area contributed by atoms with Crippen molar-refractivity contribution >= 4 is 83.1 Å². The van der Waals surface area contributed by atoms with Crippen LogP contribution in [-0.2, 0) is 4.79 Å². The van der Waals surface area contributed by atoms with Crippen molar-refractivity contribution in [1.29, 1.82) is 0 Å². The summed E-state index contributed by atoms with van der Waals surface area (Å²) in [4.78, 5) is 31.0.